The summed E-state index contributed by atoms with van der Waals surface area (Å²) in [7, 11) is 0. The van der Waals surface area contributed by atoms with Crippen molar-refractivity contribution in [3.8, 4) is 0 Å². The van der Waals surface area contributed by atoms with E-state index in [0.717, 1.165) is 43.4 Å². The van der Waals surface area contributed by atoms with Gasteiger partial charge in [-0.1, -0.05) is 156 Å². The first-order chi connectivity index (χ1) is 25.3. The molecular weight excluding hydrogens is 723 g/mol. The molecule has 0 bridgehead atoms. The van der Waals surface area contributed by atoms with E-state index in [4.69, 9.17) is 2.74 Å². The van der Waals surface area contributed by atoms with Crippen LogP contribution >= 0.6 is 0 Å². The van der Waals surface area contributed by atoms with Crippen LogP contribution < -0.4 is 0 Å². The fraction of sp³-hybridized carbons (Fsp3) is 1.00. The van der Waals surface area contributed by atoms with Crippen LogP contribution in [0.15, 0.2) is 0 Å². The Morgan fingerprint density at radius 1 is 0.436 bits per heavy atom. The molecule has 4 saturated carbocycles. The molecule has 0 aliphatic heterocycles. The third-order valence-electron chi connectivity index (χ3n) is 13.0. The highest BCUT2D eigenvalue weighted by Crippen LogP contribution is 2.46. The van der Waals surface area contributed by atoms with Crippen LogP contribution in [0.5, 0.6) is 0 Å². The predicted molar refractivity (Wildman–Crippen MR) is 217 cm³/mol. The maximum absolute atomic E-state index is 12.4. The molecule has 4 aliphatic rings. The second-order valence-electron chi connectivity index (χ2n) is 20.6. The molecule has 0 heterocycles. The largest absolute Gasteiger partial charge is 0.392 e. The molecule has 9 heteroatoms. The molecule has 0 nitrogen and oxygen atoms in total. The van der Waals surface area contributed by atoms with Gasteiger partial charge < -0.3 is 0 Å². The molecule has 0 aromatic carbocycles. The first-order valence-electron chi connectivity index (χ1n) is 22.5. The second-order valence-corrected chi connectivity index (χ2v) is 20.6. The Bertz CT molecular complexity index is 1020. The Hall–Kier alpha value is -0.630. The molecule has 334 valence electrons. The van der Waals surface area contributed by atoms with Crippen molar-refractivity contribution in [2.45, 2.75) is 213 Å². The molecule has 4 rings (SSSR count). The van der Waals surface area contributed by atoms with Crippen molar-refractivity contribution in [1.29, 1.82) is 0 Å². The van der Waals surface area contributed by atoms with Crippen LogP contribution in [0.1, 0.15) is 197 Å². The summed E-state index contributed by atoms with van der Waals surface area (Å²) in [6.07, 6.45) is -4.12. The Labute approximate surface area is 336 Å². The number of rotatable bonds is 0. The van der Waals surface area contributed by atoms with Crippen LogP contribution in [0.25, 0.3) is 0 Å². The molecule has 0 spiro atoms. The SMILES string of the molecule is CC1CC(C(F)(F)F)C[C@@H](C)C1.CC1CC(C)C(C(F)(F)F)C1.CC1CCC(C)C1C.CC1CCCC(C(F)(F)F)C1C.CCC(C)(C)C.[2H]C([2H])(C)C(C)(C)C. The van der Waals surface area contributed by atoms with Crippen molar-refractivity contribution < 1.29 is 42.3 Å². The normalized spacial score (nSPS) is 34.9. The summed E-state index contributed by atoms with van der Waals surface area (Å²) in [6.45, 7) is 34.4. The number of hydrogen-bond acceptors (Lipinski definition) is 0. The van der Waals surface area contributed by atoms with E-state index >= 15 is 0 Å². The number of alkyl halides is 9. The fourth-order valence-corrected chi connectivity index (χ4v) is 7.89. The van der Waals surface area contributed by atoms with E-state index in [2.05, 4.69) is 48.5 Å². The van der Waals surface area contributed by atoms with E-state index in [-0.39, 0.29) is 40.9 Å². The smallest absolute Gasteiger partial charge is 0.171 e. The summed E-state index contributed by atoms with van der Waals surface area (Å²) in [5.41, 5.74) is 0.312. The minimum Gasteiger partial charge on any atom is -0.171 e. The molecule has 4 fully saturated rings. The summed E-state index contributed by atoms with van der Waals surface area (Å²) in [4.78, 5) is 0. The standard InChI is InChI=1S/2C9H15F3.C8H13F3.C8H16.2C6H14/c1-6-3-7(2)5-8(4-6)9(10,11)12;1-6-4-3-5-8(7(6)2)9(10,11)12;1-5-3-6(2)7(4-5)8(9,10)11;1-6-4-5-7(2)8(6)3;2*1-5-6(2,3)4/h2*6-8H,3-5H2,1-2H3;5-7H,3-4H2,1-2H3;6-8H,4-5H2,1-3H3;2*5H2,1-4H3/t6-,7?,8?;;;;;/m0...../s1/i;;;;5D2;. The summed E-state index contributed by atoms with van der Waals surface area (Å²) in [6, 6.07) is 0. The Balaban J connectivity index is 0. The van der Waals surface area contributed by atoms with Crippen molar-refractivity contribution in [1.82, 2.24) is 0 Å². The van der Waals surface area contributed by atoms with E-state index in [1.54, 1.807) is 20.8 Å². The number of halogens is 9. The van der Waals surface area contributed by atoms with E-state index in [1.807, 2.05) is 48.5 Å². The Kier molecular flexibility index (Phi) is 23.3. The van der Waals surface area contributed by atoms with Gasteiger partial charge in [0, 0.05) is 2.74 Å². The molecule has 0 N–H and O–H groups in total. The van der Waals surface area contributed by atoms with Gasteiger partial charge in [0.05, 0.1) is 17.8 Å². The van der Waals surface area contributed by atoms with Gasteiger partial charge >= 0.3 is 18.5 Å². The zero-order chi connectivity index (χ0) is 45.7. The molecule has 11 atom stereocenters. The molecule has 10 unspecified atom stereocenters. The van der Waals surface area contributed by atoms with E-state index < -0.39 is 42.7 Å². The van der Waals surface area contributed by atoms with Crippen LogP contribution in [0.3, 0.4) is 0 Å². The first-order valence-corrected chi connectivity index (χ1v) is 21.5. The molecular formula is C46H87F9. The quantitative estimate of drug-likeness (QED) is 0.214. The van der Waals surface area contributed by atoms with Crippen LogP contribution in [-0.2, 0) is 0 Å². The van der Waals surface area contributed by atoms with Crippen molar-refractivity contribution in [2.75, 3.05) is 0 Å². The molecule has 0 aromatic rings. The first kappa shape index (κ1) is 52.4. The van der Waals surface area contributed by atoms with Crippen molar-refractivity contribution in [2.24, 2.45) is 81.8 Å². The van der Waals surface area contributed by atoms with Crippen molar-refractivity contribution in [3.63, 3.8) is 0 Å². The zero-order valence-electron chi connectivity index (χ0n) is 40.1. The summed E-state index contributed by atoms with van der Waals surface area (Å²) in [5.74, 6) is 0.395. The van der Waals surface area contributed by atoms with Gasteiger partial charge in [-0.25, -0.2) is 0 Å². The van der Waals surface area contributed by atoms with Gasteiger partial charge in [-0.3, -0.25) is 0 Å². The molecule has 0 aromatic heterocycles. The lowest BCUT2D eigenvalue weighted by Crippen LogP contribution is -2.35. The van der Waals surface area contributed by atoms with E-state index in [1.165, 1.54) is 19.3 Å². The minimum atomic E-state index is -3.98. The molecule has 0 radical (unpaired) electrons. The van der Waals surface area contributed by atoms with Gasteiger partial charge in [-0.15, -0.1) is 0 Å². The summed E-state index contributed by atoms with van der Waals surface area (Å²) < 4.78 is 125. The average Bonchev–Trinajstić information content (AvgIpc) is 3.51. The zero-order valence-corrected chi connectivity index (χ0v) is 38.1. The minimum absolute atomic E-state index is 0.176. The van der Waals surface area contributed by atoms with Gasteiger partial charge in [0.25, 0.3) is 0 Å². The highest BCUT2D eigenvalue weighted by atomic mass is 19.4. The van der Waals surface area contributed by atoms with Crippen molar-refractivity contribution >= 4 is 0 Å². The lowest BCUT2D eigenvalue weighted by atomic mass is 9.73. The maximum Gasteiger partial charge on any atom is 0.392 e. The maximum atomic E-state index is 12.4. The van der Waals surface area contributed by atoms with Crippen LogP contribution in [0.4, 0.5) is 39.5 Å². The van der Waals surface area contributed by atoms with Crippen LogP contribution in [0.2, 0.25) is 0 Å². The monoisotopic (exact) mass is 813 g/mol. The highest BCUT2D eigenvalue weighted by Gasteiger charge is 2.47. The topological polar surface area (TPSA) is 0 Å². The molecule has 0 saturated heterocycles. The second kappa shape index (κ2) is 24.5. The third kappa shape index (κ3) is 25.5. The van der Waals surface area contributed by atoms with Gasteiger partial charge in [-0.05, 0) is 103 Å². The average molecular weight is 813 g/mol. The van der Waals surface area contributed by atoms with Crippen LogP contribution in [0, 0.1) is 81.8 Å². The Morgan fingerprint density at radius 2 is 0.800 bits per heavy atom. The summed E-state index contributed by atoms with van der Waals surface area (Å²) >= 11 is 0. The van der Waals surface area contributed by atoms with Gasteiger partial charge in [-0.2, -0.15) is 39.5 Å². The third-order valence-corrected chi connectivity index (χ3v) is 13.0. The number of hydrogen-bond donors (Lipinski definition) is 0. The van der Waals surface area contributed by atoms with Gasteiger partial charge in [0.15, 0.2) is 0 Å². The van der Waals surface area contributed by atoms with E-state index in [9.17, 15) is 39.5 Å². The lowest BCUT2D eigenvalue weighted by molar-refractivity contribution is -0.199. The van der Waals surface area contributed by atoms with Crippen molar-refractivity contribution in [3.05, 3.63) is 0 Å². The Morgan fingerprint density at radius 3 is 1.02 bits per heavy atom. The summed E-state index contributed by atoms with van der Waals surface area (Å²) in [5, 5.41) is 0. The van der Waals surface area contributed by atoms with E-state index in [0.29, 0.717) is 31.1 Å². The highest BCUT2D eigenvalue weighted by molar-refractivity contribution is 4.84. The van der Waals surface area contributed by atoms with Crippen LogP contribution in [-0.4, -0.2) is 18.5 Å². The fourth-order valence-electron chi connectivity index (χ4n) is 7.89. The predicted octanol–water partition coefficient (Wildman–Crippen LogP) is 18.0. The molecule has 0 amide bonds. The van der Waals surface area contributed by atoms with Gasteiger partial charge in [0.1, 0.15) is 0 Å². The molecule has 55 heavy (non-hydrogen) atoms. The van der Waals surface area contributed by atoms with Gasteiger partial charge in [0.2, 0.25) is 0 Å². The molecule has 4 aliphatic carbocycles. The lowest BCUT2D eigenvalue weighted by Gasteiger charge is -2.35.